The van der Waals surface area contributed by atoms with Gasteiger partial charge >= 0.3 is 5.97 Å². The Balaban J connectivity index is 1.95. The number of benzene rings is 1. The number of aryl methyl sites for hydroxylation is 3. The Labute approximate surface area is 195 Å². The van der Waals surface area contributed by atoms with E-state index in [1.165, 1.54) is 41.5 Å². The molecule has 0 bridgehead atoms. The SMILES string of the molecule is CC1=C(/C=C/C(C)=C/C=C/C(C)=C/C(=O)OCc2c(C)cc(C)cc2C)C(C)(C)CCC1. The number of carbonyl (C=O) groups excluding carboxylic acids is 1. The zero-order valence-electron chi connectivity index (χ0n) is 21.3. The predicted octanol–water partition coefficient (Wildman–Crippen LogP) is 8.19. The van der Waals surface area contributed by atoms with Crippen LogP contribution in [0, 0.1) is 26.2 Å². The summed E-state index contributed by atoms with van der Waals surface area (Å²) in [6.45, 7) is 17.4. The van der Waals surface area contributed by atoms with Crippen molar-refractivity contribution in [2.24, 2.45) is 5.41 Å². The molecule has 2 nitrogen and oxygen atoms in total. The Morgan fingerprint density at radius 3 is 2.31 bits per heavy atom. The first-order chi connectivity index (χ1) is 15.0. The molecule has 0 radical (unpaired) electrons. The van der Waals surface area contributed by atoms with Gasteiger partial charge in [0.25, 0.3) is 0 Å². The molecule has 0 unspecified atom stereocenters. The van der Waals surface area contributed by atoms with Gasteiger partial charge < -0.3 is 4.74 Å². The fourth-order valence-corrected chi connectivity index (χ4v) is 4.49. The molecule has 1 aliphatic rings. The summed E-state index contributed by atoms with van der Waals surface area (Å²) in [5, 5.41) is 0. The van der Waals surface area contributed by atoms with Gasteiger partial charge in [-0.05, 0) is 94.1 Å². The average molecular weight is 433 g/mol. The molecule has 0 saturated heterocycles. The lowest BCUT2D eigenvalue weighted by atomic mass is 9.72. The van der Waals surface area contributed by atoms with Gasteiger partial charge in [0.15, 0.2) is 0 Å². The fourth-order valence-electron chi connectivity index (χ4n) is 4.49. The molecule has 1 aromatic carbocycles. The molecule has 0 spiro atoms. The van der Waals surface area contributed by atoms with Crippen molar-refractivity contribution < 1.29 is 9.53 Å². The summed E-state index contributed by atoms with van der Waals surface area (Å²) in [5.74, 6) is -0.311. The Hall–Kier alpha value is -2.61. The number of carbonyl (C=O) groups is 1. The highest BCUT2D eigenvalue weighted by Gasteiger charge is 2.26. The van der Waals surface area contributed by atoms with Gasteiger partial charge in [-0.2, -0.15) is 0 Å². The lowest BCUT2D eigenvalue weighted by Gasteiger charge is -2.32. The normalized spacial score (nSPS) is 17.5. The second kappa shape index (κ2) is 11.3. The second-order valence-electron chi connectivity index (χ2n) is 9.91. The molecule has 1 aliphatic carbocycles. The molecule has 32 heavy (non-hydrogen) atoms. The molecule has 0 fully saturated rings. The van der Waals surface area contributed by atoms with Crippen LogP contribution < -0.4 is 0 Å². The Kier molecular flexibility index (Phi) is 9.07. The van der Waals surface area contributed by atoms with E-state index >= 15 is 0 Å². The van der Waals surface area contributed by atoms with Gasteiger partial charge in [-0.1, -0.05) is 73.1 Å². The molecule has 0 aromatic heterocycles. The first-order valence-corrected chi connectivity index (χ1v) is 11.6. The highest BCUT2D eigenvalue weighted by molar-refractivity contribution is 5.83. The second-order valence-corrected chi connectivity index (χ2v) is 9.91. The third-order valence-corrected chi connectivity index (χ3v) is 6.32. The summed E-state index contributed by atoms with van der Waals surface area (Å²) in [7, 11) is 0. The average Bonchev–Trinajstić information content (AvgIpc) is 2.66. The number of hydrogen-bond donors (Lipinski definition) is 0. The van der Waals surface area contributed by atoms with Crippen LogP contribution in [0.1, 0.15) is 76.1 Å². The summed E-state index contributed by atoms with van der Waals surface area (Å²) in [6.07, 6.45) is 15.8. The lowest BCUT2D eigenvalue weighted by molar-refractivity contribution is -0.139. The van der Waals surface area contributed by atoms with Crippen molar-refractivity contribution in [2.75, 3.05) is 0 Å². The van der Waals surface area contributed by atoms with Crippen molar-refractivity contribution in [3.63, 3.8) is 0 Å². The zero-order valence-corrected chi connectivity index (χ0v) is 21.3. The van der Waals surface area contributed by atoms with E-state index in [1.807, 2.05) is 19.1 Å². The van der Waals surface area contributed by atoms with E-state index in [9.17, 15) is 4.79 Å². The summed E-state index contributed by atoms with van der Waals surface area (Å²) in [6, 6.07) is 4.24. The smallest absolute Gasteiger partial charge is 0.331 e. The summed E-state index contributed by atoms with van der Waals surface area (Å²) in [4.78, 5) is 12.2. The molecule has 2 rings (SSSR count). The van der Waals surface area contributed by atoms with Gasteiger partial charge in [-0.25, -0.2) is 4.79 Å². The molecule has 0 atom stereocenters. The topological polar surface area (TPSA) is 26.3 Å². The van der Waals surface area contributed by atoms with Crippen LogP contribution in [0.5, 0.6) is 0 Å². The monoisotopic (exact) mass is 432 g/mol. The van der Waals surface area contributed by atoms with E-state index in [0.29, 0.717) is 6.61 Å². The molecular formula is C30H40O2. The highest BCUT2D eigenvalue weighted by Crippen LogP contribution is 2.40. The first-order valence-electron chi connectivity index (χ1n) is 11.6. The van der Waals surface area contributed by atoms with Crippen molar-refractivity contribution in [3.05, 3.63) is 93.1 Å². The zero-order chi connectivity index (χ0) is 23.9. The van der Waals surface area contributed by atoms with Gasteiger partial charge in [0, 0.05) is 6.08 Å². The minimum absolute atomic E-state index is 0.254. The molecule has 0 N–H and O–H groups in total. The van der Waals surface area contributed by atoms with Crippen molar-refractivity contribution in [2.45, 2.75) is 81.3 Å². The number of hydrogen-bond acceptors (Lipinski definition) is 2. The van der Waals surface area contributed by atoms with E-state index in [-0.39, 0.29) is 11.4 Å². The number of ether oxygens (including phenoxy) is 1. The third-order valence-electron chi connectivity index (χ3n) is 6.32. The molecule has 0 aliphatic heterocycles. The van der Waals surface area contributed by atoms with E-state index in [4.69, 9.17) is 4.74 Å². The molecule has 1 aromatic rings. The van der Waals surface area contributed by atoms with Crippen LogP contribution in [0.2, 0.25) is 0 Å². The van der Waals surface area contributed by atoms with Crippen LogP contribution in [-0.4, -0.2) is 5.97 Å². The van der Waals surface area contributed by atoms with E-state index in [0.717, 1.165) is 22.3 Å². The van der Waals surface area contributed by atoms with Gasteiger partial charge in [0.05, 0.1) is 0 Å². The Morgan fingerprint density at radius 1 is 1.03 bits per heavy atom. The summed E-state index contributed by atoms with van der Waals surface area (Å²) < 4.78 is 5.48. The quantitative estimate of drug-likeness (QED) is 0.247. The maximum atomic E-state index is 12.2. The molecule has 0 heterocycles. The van der Waals surface area contributed by atoms with Crippen LogP contribution in [0.4, 0.5) is 0 Å². The fraction of sp³-hybridized carbons (Fsp3) is 0.433. The summed E-state index contributed by atoms with van der Waals surface area (Å²) >= 11 is 0. The number of esters is 1. The van der Waals surface area contributed by atoms with Crippen LogP contribution in [0.3, 0.4) is 0 Å². The molecule has 172 valence electrons. The lowest BCUT2D eigenvalue weighted by Crippen LogP contribution is -2.19. The van der Waals surface area contributed by atoms with Gasteiger partial charge in [-0.3, -0.25) is 0 Å². The van der Waals surface area contributed by atoms with Crippen LogP contribution >= 0.6 is 0 Å². The minimum atomic E-state index is -0.311. The molecular weight excluding hydrogens is 392 g/mol. The Bertz CT molecular complexity index is 971. The molecule has 0 saturated carbocycles. The van der Waals surface area contributed by atoms with Gasteiger partial charge in [-0.15, -0.1) is 0 Å². The standard InChI is InChI=1S/C30H40O2/c1-21(14-15-28-24(4)13-10-16-30(28,7)8)11-9-12-22(2)19-29(31)32-20-27-25(5)17-23(3)18-26(27)6/h9,11-12,14-15,17-19H,10,13,16,20H2,1-8H3/b12-9+,15-14+,21-11+,22-19+. The van der Waals surface area contributed by atoms with Gasteiger partial charge in [0.1, 0.15) is 6.61 Å². The largest absolute Gasteiger partial charge is 0.458 e. The number of rotatable bonds is 7. The van der Waals surface area contributed by atoms with Crippen molar-refractivity contribution in [3.8, 4) is 0 Å². The van der Waals surface area contributed by atoms with Crippen molar-refractivity contribution >= 4 is 5.97 Å². The van der Waals surface area contributed by atoms with Crippen LogP contribution in [-0.2, 0) is 16.1 Å². The Morgan fingerprint density at radius 2 is 1.69 bits per heavy atom. The van der Waals surface area contributed by atoms with E-state index in [1.54, 1.807) is 6.08 Å². The predicted molar refractivity (Wildman–Crippen MR) is 137 cm³/mol. The van der Waals surface area contributed by atoms with Crippen molar-refractivity contribution in [1.82, 2.24) is 0 Å². The summed E-state index contributed by atoms with van der Waals surface area (Å²) in [5.41, 5.74) is 9.91. The van der Waals surface area contributed by atoms with Crippen LogP contribution in [0.25, 0.3) is 0 Å². The maximum absolute atomic E-state index is 12.2. The molecule has 2 heteroatoms. The maximum Gasteiger partial charge on any atom is 0.331 e. The van der Waals surface area contributed by atoms with E-state index in [2.05, 4.69) is 78.8 Å². The first kappa shape index (κ1) is 25.6. The highest BCUT2D eigenvalue weighted by atomic mass is 16.5. The van der Waals surface area contributed by atoms with Crippen LogP contribution in [0.15, 0.2) is 70.9 Å². The third kappa shape index (κ3) is 7.51. The number of allylic oxidation sites excluding steroid dienone is 9. The minimum Gasteiger partial charge on any atom is -0.458 e. The van der Waals surface area contributed by atoms with Crippen molar-refractivity contribution in [1.29, 1.82) is 0 Å². The van der Waals surface area contributed by atoms with Gasteiger partial charge in [0.2, 0.25) is 0 Å². The van der Waals surface area contributed by atoms with E-state index < -0.39 is 0 Å². The molecule has 0 amide bonds.